The largest absolute Gasteiger partial charge is 0.504 e. The number of phenols is 2. The smallest absolute Gasteiger partial charge is 0.163 e. The second kappa shape index (κ2) is 9.32. The number of hydrogen-bond acceptors (Lipinski definition) is 5. The minimum atomic E-state index is 0.0762. The predicted octanol–water partition coefficient (Wildman–Crippen LogP) is 5.12. The van der Waals surface area contributed by atoms with Crippen molar-refractivity contribution in [3.8, 4) is 23.0 Å². The zero-order valence-corrected chi connectivity index (χ0v) is 16.8. The van der Waals surface area contributed by atoms with Crippen LogP contribution in [0.4, 0.5) is 0 Å². The highest BCUT2D eigenvalue weighted by Crippen LogP contribution is 2.34. The molecule has 0 aliphatic heterocycles. The van der Waals surface area contributed by atoms with E-state index in [1.165, 1.54) is 0 Å². The number of rotatable bonds is 6. The highest BCUT2D eigenvalue weighted by molar-refractivity contribution is 6.05. The molecule has 0 saturated heterocycles. The van der Waals surface area contributed by atoms with Crippen molar-refractivity contribution in [3.05, 3.63) is 58.7 Å². The van der Waals surface area contributed by atoms with Gasteiger partial charge in [-0.15, -0.1) is 0 Å². The Morgan fingerprint density at radius 2 is 1.41 bits per heavy atom. The first-order valence-corrected chi connectivity index (χ1v) is 9.89. The molecule has 5 nitrogen and oxygen atoms in total. The predicted molar refractivity (Wildman–Crippen MR) is 113 cm³/mol. The minimum Gasteiger partial charge on any atom is -0.504 e. The Kier molecular flexibility index (Phi) is 6.60. The van der Waals surface area contributed by atoms with Gasteiger partial charge in [-0.05, 0) is 73.7 Å². The summed E-state index contributed by atoms with van der Waals surface area (Å²) >= 11 is 0. The van der Waals surface area contributed by atoms with Crippen LogP contribution in [-0.2, 0) is 4.79 Å². The highest BCUT2D eigenvalue weighted by atomic mass is 16.5. The number of benzene rings is 2. The first-order valence-electron chi connectivity index (χ1n) is 9.89. The van der Waals surface area contributed by atoms with Crippen LogP contribution in [0.1, 0.15) is 44.2 Å². The lowest BCUT2D eigenvalue weighted by atomic mass is 9.86. The maximum absolute atomic E-state index is 12.6. The molecule has 152 valence electrons. The third-order valence-electron chi connectivity index (χ3n) is 4.72. The molecule has 2 N–H and O–H groups in total. The second-order valence-electron chi connectivity index (χ2n) is 6.82. The summed E-state index contributed by atoms with van der Waals surface area (Å²) in [5.74, 6) is 1.09. The van der Waals surface area contributed by atoms with Crippen molar-refractivity contribution in [2.24, 2.45) is 0 Å². The zero-order chi connectivity index (χ0) is 20.8. The van der Waals surface area contributed by atoms with Gasteiger partial charge in [0.1, 0.15) is 0 Å². The number of carbonyl (C=O) groups excluding carboxylic acids is 1. The molecule has 1 aliphatic rings. The van der Waals surface area contributed by atoms with Gasteiger partial charge < -0.3 is 19.7 Å². The fraction of sp³-hybridized carbons (Fsp3) is 0.292. The topological polar surface area (TPSA) is 76.0 Å². The monoisotopic (exact) mass is 394 g/mol. The standard InChI is InChI=1S/C24H26O5/c1-3-28-23-14-16(8-10-21(23)26)12-18-6-5-7-20(25)19(18)13-17-9-11-22(27)24(15-17)29-4-2/h8-15,26-27H,3-7H2,1-2H3. The lowest BCUT2D eigenvalue weighted by molar-refractivity contribution is -0.115. The maximum atomic E-state index is 12.6. The number of aromatic hydroxyl groups is 2. The van der Waals surface area contributed by atoms with E-state index in [2.05, 4.69) is 0 Å². The molecule has 3 rings (SSSR count). The van der Waals surface area contributed by atoms with Crippen LogP contribution in [0.5, 0.6) is 23.0 Å². The van der Waals surface area contributed by atoms with Crippen molar-refractivity contribution in [3.63, 3.8) is 0 Å². The van der Waals surface area contributed by atoms with E-state index >= 15 is 0 Å². The normalized spacial score (nSPS) is 17.0. The molecular formula is C24H26O5. The maximum Gasteiger partial charge on any atom is 0.163 e. The van der Waals surface area contributed by atoms with Gasteiger partial charge in [0, 0.05) is 12.0 Å². The van der Waals surface area contributed by atoms with Gasteiger partial charge in [0.05, 0.1) is 13.2 Å². The van der Waals surface area contributed by atoms with Crippen molar-refractivity contribution in [2.45, 2.75) is 33.1 Å². The average Bonchev–Trinajstić information content (AvgIpc) is 2.70. The molecule has 5 heteroatoms. The van der Waals surface area contributed by atoms with Gasteiger partial charge in [0.25, 0.3) is 0 Å². The fourth-order valence-electron chi connectivity index (χ4n) is 3.36. The number of carbonyl (C=O) groups is 1. The van der Waals surface area contributed by atoms with Crippen LogP contribution in [-0.4, -0.2) is 29.2 Å². The molecule has 0 radical (unpaired) electrons. The molecule has 0 heterocycles. The van der Waals surface area contributed by atoms with Crippen molar-refractivity contribution in [1.82, 2.24) is 0 Å². The first kappa shape index (κ1) is 20.5. The number of hydrogen-bond donors (Lipinski definition) is 2. The van der Waals surface area contributed by atoms with Crippen LogP contribution < -0.4 is 9.47 Å². The van der Waals surface area contributed by atoms with Crippen LogP contribution in [0, 0.1) is 0 Å². The molecule has 29 heavy (non-hydrogen) atoms. The second-order valence-corrected chi connectivity index (χ2v) is 6.82. The van der Waals surface area contributed by atoms with Gasteiger partial charge >= 0.3 is 0 Å². The SMILES string of the molecule is CCOc1cc(C=C2CCCC(=O)C2=Cc2ccc(O)c(OCC)c2)ccc1O. The van der Waals surface area contributed by atoms with E-state index < -0.39 is 0 Å². The fourth-order valence-corrected chi connectivity index (χ4v) is 3.36. The van der Waals surface area contributed by atoms with E-state index in [1.807, 2.05) is 26.0 Å². The summed E-state index contributed by atoms with van der Waals surface area (Å²) in [7, 11) is 0. The first-order chi connectivity index (χ1) is 14.0. The van der Waals surface area contributed by atoms with Gasteiger partial charge in [-0.1, -0.05) is 18.2 Å². The third kappa shape index (κ3) is 4.99. The molecular weight excluding hydrogens is 368 g/mol. The van der Waals surface area contributed by atoms with E-state index in [1.54, 1.807) is 36.4 Å². The molecule has 2 aromatic rings. The van der Waals surface area contributed by atoms with Gasteiger partial charge in [-0.25, -0.2) is 0 Å². The highest BCUT2D eigenvalue weighted by Gasteiger charge is 2.20. The van der Waals surface area contributed by atoms with Crippen molar-refractivity contribution < 1.29 is 24.5 Å². The molecule has 2 aromatic carbocycles. The average molecular weight is 394 g/mol. The Balaban J connectivity index is 1.99. The van der Waals surface area contributed by atoms with Crippen LogP contribution in [0.25, 0.3) is 12.2 Å². The summed E-state index contributed by atoms with van der Waals surface area (Å²) in [6.45, 7) is 4.62. The summed E-state index contributed by atoms with van der Waals surface area (Å²) in [5, 5.41) is 19.8. The van der Waals surface area contributed by atoms with Crippen LogP contribution >= 0.6 is 0 Å². The zero-order valence-electron chi connectivity index (χ0n) is 16.8. The number of allylic oxidation sites excluding steroid dienone is 2. The van der Waals surface area contributed by atoms with Gasteiger partial charge in [-0.2, -0.15) is 0 Å². The Morgan fingerprint density at radius 1 is 0.862 bits per heavy atom. The molecule has 1 aliphatic carbocycles. The summed E-state index contributed by atoms with van der Waals surface area (Å²) in [6.07, 6.45) is 5.92. The molecule has 0 aromatic heterocycles. The van der Waals surface area contributed by atoms with E-state index in [0.29, 0.717) is 36.7 Å². The van der Waals surface area contributed by atoms with Gasteiger partial charge in [-0.3, -0.25) is 4.79 Å². The summed E-state index contributed by atoms with van der Waals surface area (Å²) in [5.41, 5.74) is 3.27. The van der Waals surface area contributed by atoms with Gasteiger partial charge in [0.15, 0.2) is 28.8 Å². The lowest BCUT2D eigenvalue weighted by Gasteiger charge is -2.18. The number of phenolic OH excluding ortho intramolecular Hbond substituents is 2. The van der Waals surface area contributed by atoms with Crippen LogP contribution in [0.15, 0.2) is 47.5 Å². The molecule has 0 spiro atoms. The quantitative estimate of drug-likeness (QED) is 0.666. The Bertz CT molecular complexity index is 956. The molecule has 0 unspecified atom stereocenters. The van der Waals surface area contributed by atoms with Crippen molar-refractivity contribution in [2.75, 3.05) is 13.2 Å². The van der Waals surface area contributed by atoms with Crippen LogP contribution in [0.3, 0.4) is 0 Å². The van der Waals surface area contributed by atoms with Gasteiger partial charge in [0.2, 0.25) is 0 Å². The molecule has 1 saturated carbocycles. The Morgan fingerprint density at radius 3 is 1.97 bits per heavy atom. The van der Waals surface area contributed by atoms with Crippen LogP contribution in [0.2, 0.25) is 0 Å². The number of ketones is 1. The lowest BCUT2D eigenvalue weighted by Crippen LogP contribution is -2.11. The van der Waals surface area contributed by atoms with Crippen molar-refractivity contribution in [1.29, 1.82) is 0 Å². The van der Waals surface area contributed by atoms with E-state index in [0.717, 1.165) is 29.5 Å². The molecule has 0 bridgehead atoms. The third-order valence-corrected chi connectivity index (χ3v) is 4.72. The van der Waals surface area contributed by atoms with E-state index in [4.69, 9.17) is 9.47 Å². The number of ether oxygens (including phenoxy) is 2. The molecule has 0 atom stereocenters. The summed E-state index contributed by atoms with van der Waals surface area (Å²) in [6, 6.07) is 10.2. The van der Waals surface area contributed by atoms with E-state index in [9.17, 15) is 15.0 Å². The Labute approximate surface area is 170 Å². The number of Topliss-reactive ketones (excluding diaryl/α,β-unsaturated/α-hetero) is 1. The summed E-state index contributed by atoms with van der Waals surface area (Å²) < 4.78 is 10.9. The summed E-state index contributed by atoms with van der Waals surface area (Å²) in [4.78, 5) is 12.6. The van der Waals surface area contributed by atoms with E-state index in [-0.39, 0.29) is 17.3 Å². The van der Waals surface area contributed by atoms with Crippen molar-refractivity contribution >= 4 is 17.9 Å². The minimum absolute atomic E-state index is 0.0762. The molecule has 0 amide bonds. The Hall–Kier alpha value is -3.21. The molecule has 1 fully saturated rings.